The Balaban J connectivity index is 0.00000242. The van der Waals surface area contributed by atoms with Crippen molar-refractivity contribution < 1.29 is 22.7 Å². The van der Waals surface area contributed by atoms with Gasteiger partial charge in [0.2, 0.25) is 0 Å². The molecule has 0 radical (unpaired) electrons. The molecule has 0 saturated heterocycles. The van der Waals surface area contributed by atoms with E-state index in [4.69, 9.17) is 9.52 Å². The van der Waals surface area contributed by atoms with E-state index in [0.717, 1.165) is 12.1 Å². The zero-order valence-electron chi connectivity index (χ0n) is 11.9. The molecule has 0 aliphatic carbocycles. The molecule has 22 heavy (non-hydrogen) atoms. The van der Waals surface area contributed by atoms with Gasteiger partial charge in [-0.15, -0.1) is 12.4 Å². The highest BCUT2D eigenvalue weighted by atomic mass is 35.5. The van der Waals surface area contributed by atoms with Gasteiger partial charge in [-0.2, -0.15) is 13.2 Å². The van der Waals surface area contributed by atoms with Crippen molar-refractivity contribution in [3.63, 3.8) is 0 Å². The second kappa shape index (κ2) is 7.67. The Kier molecular flexibility index (Phi) is 6.47. The molecule has 1 aromatic heterocycles. The average Bonchev–Trinajstić information content (AvgIpc) is 2.86. The van der Waals surface area contributed by atoms with Crippen molar-refractivity contribution in [2.45, 2.75) is 25.7 Å². The molecule has 2 rings (SSSR count). The molecule has 3 nitrogen and oxygen atoms in total. The fraction of sp³-hybridized carbons (Fsp3) is 0.333. The van der Waals surface area contributed by atoms with Gasteiger partial charge in [-0.3, -0.25) is 0 Å². The molecular weight excluding hydrogens is 319 g/mol. The van der Waals surface area contributed by atoms with Crippen LogP contribution in [0.25, 0.3) is 11.3 Å². The quantitative estimate of drug-likeness (QED) is 0.872. The Morgan fingerprint density at radius 2 is 1.95 bits per heavy atom. The fourth-order valence-electron chi connectivity index (χ4n) is 1.88. The Morgan fingerprint density at radius 1 is 1.23 bits per heavy atom. The number of nitrogens with one attached hydrogen (secondary N) is 1. The van der Waals surface area contributed by atoms with Gasteiger partial charge in [0, 0.05) is 12.1 Å². The lowest BCUT2D eigenvalue weighted by atomic mass is 10.1. The van der Waals surface area contributed by atoms with E-state index in [1.807, 2.05) is 0 Å². The van der Waals surface area contributed by atoms with E-state index < -0.39 is 17.8 Å². The first-order valence-corrected chi connectivity index (χ1v) is 6.51. The van der Waals surface area contributed by atoms with Gasteiger partial charge in [-0.1, -0.05) is 12.1 Å². The van der Waals surface area contributed by atoms with Gasteiger partial charge >= 0.3 is 6.18 Å². The molecule has 7 heteroatoms. The number of hydrogen-bond acceptors (Lipinski definition) is 3. The van der Waals surface area contributed by atoms with Gasteiger partial charge in [0.15, 0.2) is 0 Å². The van der Waals surface area contributed by atoms with Crippen LogP contribution < -0.4 is 5.32 Å². The largest absolute Gasteiger partial charge is 0.460 e. The summed E-state index contributed by atoms with van der Waals surface area (Å²) in [5.74, 6) is 0.984. The topological polar surface area (TPSA) is 45.4 Å². The first-order valence-electron chi connectivity index (χ1n) is 6.51. The summed E-state index contributed by atoms with van der Waals surface area (Å²) in [7, 11) is 0. The zero-order valence-corrected chi connectivity index (χ0v) is 12.7. The molecule has 0 saturated carbocycles. The highest BCUT2D eigenvalue weighted by molar-refractivity contribution is 5.85. The number of benzene rings is 1. The molecule has 0 aliphatic heterocycles. The van der Waals surface area contributed by atoms with Gasteiger partial charge in [0.05, 0.1) is 18.2 Å². The van der Waals surface area contributed by atoms with E-state index >= 15 is 0 Å². The number of furan rings is 1. The molecular formula is C15H17ClF3NO2. The molecule has 0 spiro atoms. The van der Waals surface area contributed by atoms with E-state index in [1.54, 1.807) is 25.1 Å². The second-order valence-corrected chi connectivity index (χ2v) is 4.82. The van der Waals surface area contributed by atoms with Crippen molar-refractivity contribution in [3.05, 3.63) is 47.7 Å². The highest BCUT2D eigenvalue weighted by Crippen LogP contribution is 2.32. The van der Waals surface area contributed by atoms with Crippen molar-refractivity contribution in [3.8, 4) is 11.3 Å². The number of aliphatic hydroxyl groups is 1. The van der Waals surface area contributed by atoms with Gasteiger partial charge in [0.25, 0.3) is 0 Å². The van der Waals surface area contributed by atoms with Crippen LogP contribution in [0.1, 0.15) is 18.2 Å². The van der Waals surface area contributed by atoms with Crippen LogP contribution in [-0.2, 0) is 12.7 Å². The molecule has 2 N–H and O–H groups in total. The molecule has 0 bridgehead atoms. The standard InChI is InChI=1S/C15H16F3NO2.ClH/c1-10(20)8-19-9-13-5-6-14(21-13)11-3-2-4-12(7-11)15(16,17)18;/h2-7,10,19-20H,8-9H2,1H3;1H. The van der Waals surface area contributed by atoms with Gasteiger partial charge < -0.3 is 14.8 Å². The molecule has 0 fully saturated rings. The van der Waals surface area contributed by atoms with E-state index in [9.17, 15) is 13.2 Å². The molecule has 0 aliphatic rings. The Morgan fingerprint density at radius 3 is 2.59 bits per heavy atom. The molecule has 0 amide bonds. The zero-order chi connectivity index (χ0) is 15.5. The molecule has 1 unspecified atom stereocenters. The smallest absolute Gasteiger partial charge is 0.416 e. The van der Waals surface area contributed by atoms with Crippen LogP contribution in [0.15, 0.2) is 40.8 Å². The predicted molar refractivity (Wildman–Crippen MR) is 79.8 cm³/mol. The number of alkyl halides is 3. The van der Waals surface area contributed by atoms with Crippen LogP contribution >= 0.6 is 12.4 Å². The van der Waals surface area contributed by atoms with E-state index in [-0.39, 0.29) is 12.4 Å². The molecule has 1 aromatic carbocycles. The normalized spacial score (nSPS) is 12.8. The third kappa shape index (κ3) is 5.05. The summed E-state index contributed by atoms with van der Waals surface area (Å²) in [4.78, 5) is 0. The van der Waals surface area contributed by atoms with Gasteiger partial charge in [-0.05, 0) is 31.2 Å². The SMILES string of the molecule is CC(O)CNCc1ccc(-c2cccc(C(F)(F)F)c2)o1.Cl. The molecule has 122 valence electrons. The van der Waals surface area contributed by atoms with Crippen molar-refractivity contribution in [1.29, 1.82) is 0 Å². The van der Waals surface area contributed by atoms with Gasteiger partial charge in [-0.25, -0.2) is 0 Å². The third-order valence-corrected chi connectivity index (χ3v) is 2.88. The number of aliphatic hydroxyl groups excluding tert-OH is 1. The van der Waals surface area contributed by atoms with Crippen LogP contribution in [-0.4, -0.2) is 17.8 Å². The maximum atomic E-state index is 12.7. The summed E-state index contributed by atoms with van der Waals surface area (Å²) in [6, 6.07) is 8.34. The van der Waals surface area contributed by atoms with Crippen molar-refractivity contribution in [1.82, 2.24) is 5.32 Å². The Labute approximate surface area is 132 Å². The van der Waals surface area contributed by atoms with Crippen LogP contribution in [0.4, 0.5) is 13.2 Å². The Hall–Kier alpha value is -1.50. The van der Waals surface area contributed by atoms with Crippen molar-refractivity contribution >= 4 is 12.4 Å². The minimum absolute atomic E-state index is 0. The van der Waals surface area contributed by atoms with Crippen LogP contribution in [0, 0.1) is 0 Å². The predicted octanol–water partition coefficient (Wildman–Crippen LogP) is 3.86. The second-order valence-electron chi connectivity index (χ2n) is 4.82. The molecule has 1 atom stereocenters. The molecule has 2 aromatic rings. The summed E-state index contributed by atoms with van der Waals surface area (Å²) in [5.41, 5.74) is -0.322. The number of rotatable bonds is 5. The summed E-state index contributed by atoms with van der Waals surface area (Å²) >= 11 is 0. The number of halogens is 4. The van der Waals surface area contributed by atoms with Gasteiger partial charge in [0.1, 0.15) is 11.5 Å². The summed E-state index contributed by atoms with van der Waals surface area (Å²) in [5, 5.41) is 12.1. The van der Waals surface area contributed by atoms with Crippen molar-refractivity contribution in [2.24, 2.45) is 0 Å². The summed E-state index contributed by atoms with van der Waals surface area (Å²) in [6.45, 7) is 2.48. The summed E-state index contributed by atoms with van der Waals surface area (Å²) < 4.78 is 43.5. The number of hydrogen-bond donors (Lipinski definition) is 2. The average molecular weight is 336 g/mol. The lowest BCUT2D eigenvalue weighted by molar-refractivity contribution is -0.137. The van der Waals surface area contributed by atoms with E-state index in [2.05, 4.69) is 5.32 Å². The van der Waals surface area contributed by atoms with E-state index in [1.165, 1.54) is 6.07 Å². The minimum Gasteiger partial charge on any atom is -0.460 e. The third-order valence-electron chi connectivity index (χ3n) is 2.88. The minimum atomic E-state index is -4.37. The Bertz CT molecular complexity index is 596. The van der Waals surface area contributed by atoms with Crippen LogP contribution in [0.2, 0.25) is 0 Å². The summed E-state index contributed by atoms with van der Waals surface area (Å²) in [6.07, 6.45) is -4.84. The first kappa shape index (κ1) is 18.5. The fourth-order valence-corrected chi connectivity index (χ4v) is 1.88. The van der Waals surface area contributed by atoms with Crippen molar-refractivity contribution in [2.75, 3.05) is 6.54 Å². The maximum absolute atomic E-state index is 12.7. The van der Waals surface area contributed by atoms with Crippen LogP contribution in [0.5, 0.6) is 0 Å². The molecule has 1 heterocycles. The highest BCUT2D eigenvalue weighted by Gasteiger charge is 2.30. The van der Waals surface area contributed by atoms with E-state index in [0.29, 0.717) is 30.2 Å². The lowest BCUT2D eigenvalue weighted by Gasteiger charge is -2.07. The monoisotopic (exact) mass is 335 g/mol. The lowest BCUT2D eigenvalue weighted by Crippen LogP contribution is -2.23. The maximum Gasteiger partial charge on any atom is 0.416 e. The first-order chi connectivity index (χ1) is 9.86. The van der Waals surface area contributed by atoms with Crippen LogP contribution in [0.3, 0.4) is 0 Å².